The van der Waals surface area contributed by atoms with Gasteiger partial charge in [-0.2, -0.15) is 0 Å². The third-order valence-electron chi connectivity index (χ3n) is 7.61. The molecule has 1 amide bonds. The smallest absolute Gasteiger partial charge is 0.304 e. The number of carbonyl (C=O) groups is 2. The second-order valence-corrected chi connectivity index (χ2v) is 9.97. The van der Waals surface area contributed by atoms with E-state index >= 15 is 0 Å². The standard InChI is InChI=1S/C33H31NO4/c1-2-5-28(22-31(35)36)25-12-14-29(15-13-25)38-23-24-8-10-27(11-9-24)32(37)34-20-18-33(19-21-34)17-16-26-6-3-4-7-30(26)33/h3-4,6-17,28H,18-23H2,1H3,(H,35,36). The van der Waals surface area contributed by atoms with Gasteiger partial charge >= 0.3 is 5.97 Å². The van der Waals surface area contributed by atoms with Gasteiger partial charge in [-0.25, -0.2) is 0 Å². The molecule has 3 aromatic carbocycles. The maximum atomic E-state index is 13.2. The summed E-state index contributed by atoms with van der Waals surface area (Å²) in [6.45, 7) is 3.57. The Hall–Kier alpha value is -4.30. The van der Waals surface area contributed by atoms with Crippen LogP contribution < -0.4 is 4.74 Å². The van der Waals surface area contributed by atoms with Crippen LogP contribution in [0.5, 0.6) is 5.75 Å². The Balaban J connectivity index is 1.15. The third kappa shape index (κ3) is 5.35. The third-order valence-corrected chi connectivity index (χ3v) is 7.61. The van der Waals surface area contributed by atoms with Gasteiger partial charge in [-0.1, -0.05) is 66.6 Å². The van der Waals surface area contributed by atoms with Gasteiger partial charge in [-0.05, 0) is 66.3 Å². The summed E-state index contributed by atoms with van der Waals surface area (Å²) in [5.41, 5.74) is 5.27. The number of carboxylic acids is 1. The largest absolute Gasteiger partial charge is 0.489 e. The minimum atomic E-state index is -0.874. The molecule has 5 nitrogen and oxygen atoms in total. The quantitative estimate of drug-likeness (QED) is 0.397. The van der Waals surface area contributed by atoms with Crippen molar-refractivity contribution < 1.29 is 19.4 Å². The number of rotatable bonds is 7. The molecule has 1 heterocycles. The van der Waals surface area contributed by atoms with Crippen molar-refractivity contribution in [2.45, 2.75) is 44.1 Å². The molecule has 1 saturated heterocycles. The van der Waals surface area contributed by atoms with Crippen LogP contribution in [0.25, 0.3) is 6.08 Å². The molecule has 1 unspecified atom stereocenters. The van der Waals surface area contributed by atoms with Crippen LogP contribution in [0, 0.1) is 11.8 Å². The number of aliphatic carboxylic acids is 1. The summed E-state index contributed by atoms with van der Waals surface area (Å²) in [6, 6.07) is 23.6. The van der Waals surface area contributed by atoms with Crippen LogP contribution in [0.3, 0.4) is 0 Å². The summed E-state index contributed by atoms with van der Waals surface area (Å²) >= 11 is 0. The zero-order chi connectivity index (χ0) is 26.5. The zero-order valence-electron chi connectivity index (χ0n) is 21.5. The van der Waals surface area contributed by atoms with Crippen molar-refractivity contribution in [3.05, 3.63) is 107 Å². The summed E-state index contributed by atoms with van der Waals surface area (Å²) < 4.78 is 5.91. The Morgan fingerprint density at radius 3 is 2.39 bits per heavy atom. The zero-order valence-corrected chi connectivity index (χ0v) is 21.5. The first kappa shape index (κ1) is 25.4. The molecule has 1 N–H and O–H groups in total. The Kier molecular flexibility index (Phi) is 7.33. The highest BCUT2D eigenvalue weighted by Gasteiger charge is 2.38. The summed E-state index contributed by atoms with van der Waals surface area (Å²) in [5.74, 6) is 5.31. The highest BCUT2D eigenvalue weighted by molar-refractivity contribution is 5.94. The minimum Gasteiger partial charge on any atom is -0.489 e. The van der Waals surface area contributed by atoms with Gasteiger partial charge in [0.25, 0.3) is 5.91 Å². The molecular weight excluding hydrogens is 474 g/mol. The Morgan fingerprint density at radius 1 is 1.00 bits per heavy atom. The number of benzene rings is 3. The normalized spacial score (nSPS) is 15.9. The van der Waals surface area contributed by atoms with Gasteiger partial charge in [0.15, 0.2) is 0 Å². The van der Waals surface area contributed by atoms with Gasteiger partial charge in [0.1, 0.15) is 12.4 Å². The first-order chi connectivity index (χ1) is 18.5. The van der Waals surface area contributed by atoms with E-state index in [9.17, 15) is 9.59 Å². The molecule has 2 aliphatic rings. The van der Waals surface area contributed by atoms with Gasteiger partial charge in [-0.15, -0.1) is 5.92 Å². The van der Waals surface area contributed by atoms with Crippen LogP contribution in [0.4, 0.5) is 0 Å². The molecule has 3 aromatic rings. The predicted octanol–water partition coefficient (Wildman–Crippen LogP) is 6.05. The van der Waals surface area contributed by atoms with Crippen molar-refractivity contribution in [3.63, 3.8) is 0 Å². The molecule has 192 valence electrons. The van der Waals surface area contributed by atoms with Gasteiger partial charge in [0, 0.05) is 24.1 Å². The highest BCUT2D eigenvalue weighted by Crippen LogP contribution is 2.43. The maximum absolute atomic E-state index is 13.2. The fourth-order valence-electron chi connectivity index (χ4n) is 5.47. The summed E-state index contributed by atoms with van der Waals surface area (Å²) in [5, 5.41) is 9.12. The Morgan fingerprint density at radius 2 is 1.71 bits per heavy atom. The van der Waals surface area contributed by atoms with Crippen molar-refractivity contribution in [2.75, 3.05) is 13.1 Å². The fraction of sp³-hybridized carbons (Fsp3) is 0.273. The molecule has 1 fully saturated rings. The monoisotopic (exact) mass is 505 g/mol. The van der Waals surface area contributed by atoms with Crippen LogP contribution in [-0.2, 0) is 16.8 Å². The number of amides is 1. The molecule has 5 rings (SSSR count). The van der Waals surface area contributed by atoms with Gasteiger partial charge in [0.2, 0.25) is 0 Å². The van der Waals surface area contributed by atoms with Crippen molar-refractivity contribution in [2.24, 2.45) is 0 Å². The average molecular weight is 506 g/mol. The molecule has 1 aliphatic carbocycles. The number of piperidine rings is 1. The second-order valence-electron chi connectivity index (χ2n) is 9.97. The van der Waals surface area contributed by atoms with Crippen LogP contribution >= 0.6 is 0 Å². The topological polar surface area (TPSA) is 66.8 Å². The predicted molar refractivity (Wildman–Crippen MR) is 148 cm³/mol. The number of hydrogen-bond acceptors (Lipinski definition) is 3. The lowest BCUT2D eigenvalue weighted by Crippen LogP contribution is -2.44. The lowest BCUT2D eigenvalue weighted by atomic mass is 9.74. The van der Waals surface area contributed by atoms with E-state index < -0.39 is 5.97 Å². The second kappa shape index (κ2) is 11.0. The lowest BCUT2D eigenvalue weighted by Gasteiger charge is -2.39. The molecule has 1 atom stereocenters. The number of likely N-dealkylation sites (tertiary alicyclic amines) is 1. The van der Waals surface area contributed by atoms with E-state index in [0.717, 1.165) is 37.1 Å². The molecule has 38 heavy (non-hydrogen) atoms. The van der Waals surface area contributed by atoms with Gasteiger partial charge < -0.3 is 14.7 Å². The number of hydrogen-bond donors (Lipinski definition) is 1. The number of nitrogens with zero attached hydrogens (tertiary/aromatic N) is 1. The SMILES string of the molecule is CC#CC(CC(=O)O)c1ccc(OCc2ccc(C(=O)N3CCC4(C=Cc5ccccc54)CC3)cc2)cc1. The number of fused-ring (bicyclic) bond motifs is 2. The molecule has 5 heteroatoms. The van der Waals surface area contributed by atoms with E-state index in [4.69, 9.17) is 9.84 Å². The van der Waals surface area contributed by atoms with E-state index in [-0.39, 0.29) is 23.7 Å². The number of ether oxygens (including phenoxy) is 1. The minimum absolute atomic E-state index is 0.0323. The number of allylic oxidation sites excluding steroid dienone is 1. The van der Waals surface area contributed by atoms with Crippen molar-refractivity contribution in [1.82, 2.24) is 4.90 Å². The van der Waals surface area contributed by atoms with E-state index in [1.807, 2.05) is 53.4 Å². The first-order valence-electron chi connectivity index (χ1n) is 13.0. The number of carbonyl (C=O) groups excluding carboxylic acids is 1. The maximum Gasteiger partial charge on any atom is 0.304 e. The summed E-state index contributed by atoms with van der Waals surface area (Å²) in [7, 11) is 0. The average Bonchev–Trinajstić information content (AvgIpc) is 3.30. The molecule has 1 aliphatic heterocycles. The van der Waals surface area contributed by atoms with Crippen LogP contribution in [0.2, 0.25) is 0 Å². The van der Waals surface area contributed by atoms with Crippen molar-refractivity contribution in [1.29, 1.82) is 0 Å². The first-order valence-corrected chi connectivity index (χ1v) is 13.0. The molecule has 1 spiro atoms. The summed E-state index contributed by atoms with van der Waals surface area (Å²) in [6.07, 6.45) is 6.41. The molecular formula is C33H31NO4. The van der Waals surface area contributed by atoms with E-state index in [1.165, 1.54) is 11.1 Å². The highest BCUT2D eigenvalue weighted by atomic mass is 16.5. The van der Waals surface area contributed by atoms with Crippen molar-refractivity contribution >= 4 is 18.0 Å². The van der Waals surface area contributed by atoms with Crippen LogP contribution in [0.15, 0.2) is 78.9 Å². The van der Waals surface area contributed by atoms with Crippen LogP contribution in [0.1, 0.15) is 64.7 Å². The Bertz CT molecular complexity index is 1400. The van der Waals surface area contributed by atoms with Crippen LogP contribution in [-0.4, -0.2) is 35.0 Å². The molecule has 0 bridgehead atoms. The Labute approximate surface area is 223 Å². The lowest BCUT2D eigenvalue weighted by molar-refractivity contribution is -0.137. The number of carboxylic acid groups (broad SMARTS) is 1. The molecule has 0 aromatic heterocycles. The van der Waals surface area contributed by atoms with E-state index in [1.54, 1.807) is 6.92 Å². The van der Waals surface area contributed by atoms with E-state index in [2.05, 4.69) is 48.3 Å². The van der Waals surface area contributed by atoms with Gasteiger partial charge in [0.05, 0.1) is 12.3 Å². The molecule has 0 saturated carbocycles. The fourth-order valence-corrected chi connectivity index (χ4v) is 5.47. The van der Waals surface area contributed by atoms with Crippen molar-refractivity contribution in [3.8, 4) is 17.6 Å². The molecule has 0 radical (unpaired) electrons. The summed E-state index contributed by atoms with van der Waals surface area (Å²) in [4.78, 5) is 26.3. The van der Waals surface area contributed by atoms with Gasteiger partial charge in [-0.3, -0.25) is 9.59 Å². The van der Waals surface area contributed by atoms with E-state index in [0.29, 0.717) is 17.9 Å².